The first kappa shape index (κ1) is 15.5. The molecule has 114 valence electrons. The summed E-state index contributed by atoms with van der Waals surface area (Å²) in [6.45, 7) is 6.57. The van der Waals surface area contributed by atoms with E-state index in [4.69, 9.17) is 4.74 Å². The van der Waals surface area contributed by atoms with Crippen LogP contribution >= 0.6 is 0 Å². The van der Waals surface area contributed by atoms with Gasteiger partial charge in [-0.2, -0.15) is 4.31 Å². The molecular formula is C13H23N3O3S. The normalized spacial score (nSPS) is 17.8. The van der Waals surface area contributed by atoms with E-state index in [1.807, 2.05) is 11.6 Å². The first-order chi connectivity index (χ1) is 9.41. The minimum Gasteiger partial charge on any atom is -0.379 e. The van der Waals surface area contributed by atoms with E-state index in [2.05, 4.69) is 19.2 Å². The van der Waals surface area contributed by atoms with Gasteiger partial charge in [-0.1, -0.05) is 13.8 Å². The van der Waals surface area contributed by atoms with Crippen LogP contribution in [0.4, 0.5) is 0 Å². The number of aryl methyl sites for hydroxylation is 1. The van der Waals surface area contributed by atoms with E-state index in [9.17, 15) is 8.42 Å². The zero-order chi connectivity index (χ0) is 14.8. The monoisotopic (exact) mass is 301 g/mol. The van der Waals surface area contributed by atoms with Crippen molar-refractivity contribution in [3.63, 3.8) is 0 Å². The van der Waals surface area contributed by atoms with Crippen LogP contribution in [0.1, 0.15) is 19.5 Å². The maximum Gasteiger partial charge on any atom is 0.244 e. The molecule has 1 fully saturated rings. The van der Waals surface area contributed by atoms with Crippen molar-refractivity contribution in [3.05, 3.63) is 18.0 Å². The van der Waals surface area contributed by atoms with Gasteiger partial charge in [-0.15, -0.1) is 0 Å². The summed E-state index contributed by atoms with van der Waals surface area (Å²) < 4.78 is 33.6. The van der Waals surface area contributed by atoms with Gasteiger partial charge in [0.05, 0.1) is 13.2 Å². The van der Waals surface area contributed by atoms with Crippen LogP contribution in [0.2, 0.25) is 0 Å². The average molecular weight is 301 g/mol. The maximum atomic E-state index is 12.5. The summed E-state index contributed by atoms with van der Waals surface area (Å²) in [5.74, 6) is 0. The fraction of sp³-hybridized carbons (Fsp3) is 0.692. The van der Waals surface area contributed by atoms with Crippen molar-refractivity contribution in [2.75, 3.05) is 26.3 Å². The van der Waals surface area contributed by atoms with E-state index in [1.54, 1.807) is 12.3 Å². The minimum atomic E-state index is -3.40. The van der Waals surface area contributed by atoms with Crippen molar-refractivity contribution in [1.29, 1.82) is 0 Å². The van der Waals surface area contributed by atoms with Crippen molar-refractivity contribution in [2.24, 2.45) is 7.05 Å². The van der Waals surface area contributed by atoms with Gasteiger partial charge in [-0.3, -0.25) is 0 Å². The number of nitrogens with zero attached hydrogens (tertiary/aromatic N) is 2. The molecule has 0 aliphatic carbocycles. The summed E-state index contributed by atoms with van der Waals surface area (Å²) in [4.78, 5) is 0.363. The lowest BCUT2D eigenvalue weighted by Crippen LogP contribution is -2.40. The lowest BCUT2D eigenvalue weighted by atomic mass is 10.3. The largest absolute Gasteiger partial charge is 0.379 e. The van der Waals surface area contributed by atoms with Crippen LogP contribution in [0.25, 0.3) is 0 Å². The fourth-order valence-electron chi connectivity index (χ4n) is 2.14. The number of ether oxygens (including phenoxy) is 1. The lowest BCUT2D eigenvalue weighted by molar-refractivity contribution is 0.0730. The number of hydrogen-bond acceptors (Lipinski definition) is 4. The third-order valence-electron chi connectivity index (χ3n) is 3.38. The molecule has 0 spiro atoms. The molecule has 0 saturated carbocycles. The molecule has 0 aromatic carbocycles. The number of hydrogen-bond donors (Lipinski definition) is 1. The molecule has 1 aliphatic heterocycles. The number of aromatic nitrogens is 1. The van der Waals surface area contributed by atoms with E-state index in [-0.39, 0.29) is 0 Å². The summed E-state index contributed by atoms with van der Waals surface area (Å²) in [6, 6.07) is 2.12. The van der Waals surface area contributed by atoms with Crippen molar-refractivity contribution in [1.82, 2.24) is 14.2 Å². The van der Waals surface area contributed by atoms with Crippen LogP contribution in [0, 0.1) is 0 Å². The third kappa shape index (κ3) is 3.41. The van der Waals surface area contributed by atoms with Gasteiger partial charge >= 0.3 is 0 Å². The number of morpholine rings is 1. The Hall–Kier alpha value is -0.890. The molecule has 2 rings (SSSR count). The molecule has 1 aliphatic rings. The van der Waals surface area contributed by atoms with Gasteiger partial charge in [0, 0.05) is 44.6 Å². The summed E-state index contributed by atoms with van der Waals surface area (Å²) in [6.07, 6.45) is 1.68. The molecule has 1 aromatic heterocycles. The van der Waals surface area contributed by atoms with Gasteiger partial charge in [-0.25, -0.2) is 8.42 Å². The Labute approximate surface area is 120 Å². The Balaban J connectivity index is 2.17. The summed E-state index contributed by atoms with van der Waals surface area (Å²) >= 11 is 0. The first-order valence-corrected chi connectivity index (χ1v) is 8.32. The first-order valence-electron chi connectivity index (χ1n) is 6.88. The SMILES string of the molecule is CC(C)NCc1cc(S(=O)(=O)N2CCOCC2)cn1C. The summed E-state index contributed by atoms with van der Waals surface area (Å²) in [7, 11) is -1.53. The Morgan fingerprint density at radius 2 is 2.00 bits per heavy atom. The van der Waals surface area contributed by atoms with Crippen LogP contribution in [0.15, 0.2) is 17.2 Å². The highest BCUT2D eigenvalue weighted by Gasteiger charge is 2.27. The molecule has 0 radical (unpaired) electrons. The molecule has 1 N–H and O–H groups in total. The molecule has 2 heterocycles. The molecule has 1 saturated heterocycles. The van der Waals surface area contributed by atoms with Crippen LogP contribution in [0.3, 0.4) is 0 Å². The fourth-order valence-corrected chi connectivity index (χ4v) is 3.64. The van der Waals surface area contributed by atoms with Gasteiger partial charge in [0.15, 0.2) is 0 Å². The lowest BCUT2D eigenvalue weighted by Gasteiger charge is -2.25. The van der Waals surface area contributed by atoms with E-state index < -0.39 is 10.0 Å². The quantitative estimate of drug-likeness (QED) is 0.862. The third-order valence-corrected chi connectivity index (χ3v) is 5.25. The zero-order valence-electron chi connectivity index (χ0n) is 12.3. The van der Waals surface area contributed by atoms with Crippen LogP contribution in [0.5, 0.6) is 0 Å². The molecule has 7 heteroatoms. The maximum absolute atomic E-state index is 12.5. The smallest absolute Gasteiger partial charge is 0.244 e. The predicted molar refractivity (Wildman–Crippen MR) is 77.0 cm³/mol. The summed E-state index contributed by atoms with van der Waals surface area (Å²) in [5, 5.41) is 3.30. The molecule has 0 amide bonds. The van der Waals surface area contributed by atoms with Crippen LogP contribution in [-0.4, -0.2) is 49.6 Å². The number of nitrogens with one attached hydrogen (secondary N) is 1. The molecule has 0 bridgehead atoms. The van der Waals surface area contributed by atoms with Gasteiger partial charge in [0.25, 0.3) is 0 Å². The van der Waals surface area contributed by atoms with Gasteiger partial charge in [-0.05, 0) is 6.07 Å². The Bertz CT molecular complexity index is 545. The van der Waals surface area contributed by atoms with Crippen molar-refractivity contribution in [2.45, 2.75) is 31.3 Å². The van der Waals surface area contributed by atoms with Gasteiger partial charge in [0.2, 0.25) is 10.0 Å². The van der Waals surface area contributed by atoms with Crippen LogP contribution in [-0.2, 0) is 28.4 Å². The van der Waals surface area contributed by atoms with Crippen molar-refractivity contribution < 1.29 is 13.2 Å². The van der Waals surface area contributed by atoms with Crippen molar-refractivity contribution in [3.8, 4) is 0 Å². The Kier molecular flexibility index (Phi) is 4.85. The zero-order valence-corrected chi connectivity index (χ0v) is 13.1. The standard InChI is InChI=1S/C13H23N3O3S/c1-11(2)14-9-12-8-13(10-15(12)3)20(17,18)16-4-6-19-7-5-16/h8,10-11,14H,4-7,9H2,1-3H3. The summed E-state index contributed by atoms with van der Waals surface area (Å²) in [5.41, 5.74) is 0.963. The van der Waals surface area contributed by atoms with Crippen LogP contribution < -0.4 is 5.32 Å². The topological polar surface area (TPSA) is 63.6 Å². The highest BCUT2D eigenvalue weighted by atomic mass is 32.2. The highest BCUT2D eigenvalue weighted by Crippen LogP contribution is 2.19. The Morgan fingerprint density at radius 3 is 2.60 bits per heavy atom. The van der Waals surface area contributed by atoms with E-state index in [0.717, 1.165) is 5.69 Å². The number of sulfonamides is 1. The van der Waals surface area contributed by atoms with E-state index in [1.165, 1.54) is 4.31 Å². The molecule has 20 heavy (non-hydrogen) atoms. The molecule has 0 unspecified atom stereocenters. The van der Waals surface area contributed by atoms with Gasteiger partial charge < -0.3 is 14.6 Å². The molecule has 0 atom stereocenters. The molecule has 6 nitrogen and oxygen atoms in total. The van der Waals surface area contributed by atoms with E-state index in [0.29, 0.717) is 43.8 Å². The average Bonchev–Trinajstić information content (AvgIpc) is 2.79. The molecule has 1 aromatic rings. The highest BCUT2D eigenvalue weighted by molar-refractivity contribution is 7.89. The minimum absolute atomic E-state index is 0.363. The molecular weight excluding hydrogens is 278 g/mol. The van der Waals surface area contributed by atoms with Crippen molar-refractivity contribution >= 4 is 10.0 Å². The number of rotatable bonds is 5. The predicted octanol–water partition coefficient (Wildman–Crippen LogP) is 0.544. The van der Waals surface area contributed by atoms with Gasteiger partial charge in [0.1, 0.15) is 4.90 Å². The second-order valence-electron chi connectivity index (χ2n) is 5.33. The second kappa shape index (κ2) is 6.26. The Morgan fingerprint density at radius 1 is 1.35 bits per heavy atom. The second-order valence-corrected chi connectivity index (χ2v) is 7.27. The van der Waals surface area contributed by atoms with E-state index >= 15 is 0 Å².